The lowest BCUT2D eigenvalue weighted by molar-refractivity contribution is 0.0402. The molecule has 21 heavy (non-hydrogen) atoms. The number of hydrogen-bond donors (Lipinski definition) is 1. The van der Waals surface area contributed by atoms with Crippen LogP contribution in [0.2, 0.25) is 0 Å². The van der Waals surface area contributed by atoms with Gasteiger partial charge >= 0.3 is 0 Å². The van der Waals surface area contributed by atoms with Gasteiger partial charge in [0, 0.05) is 12.6 Å². The molecule has 3 atom stereocenters. The van der Waals surface area contributed by atoms with Crippen LogP contribution in [0.4, 0.5) is 0 Å². The minimum Gasteiger partial charge on any atom is -0.372 e. The minimum atomic E-state index is 0.195. The number of nitrogens with one attached hydrogen (secondary N) is 1. The molecule has 2 fully saturated rings. The Morgan fingerprint density at radius 2 is 1.81 bits per heavy atom. The summed E-state index contributed by atoms with van der Waals surface area (Å²) in [5, 5.41) is 6.36. The molecule has 2 aliphatic rings. The molecular formula is C19H23NO. The van der Waals surface area contributed by atoms with Gasteiger partial charge in [-0.05, 0) is 41.2 Å². The van der Waals surface area contributed by atoms with E-state index in [1.807, 2.05) is 0 Å². The Labute approximate surface area is 126 Å². The van der Waals surface area contributed by atoms with Crippen LogP contribution in [0.5, 0.6) is 0 Å². The molecule has 0 spiro atoms. The van der Waals surface area contributed by atoms with Crippen LogP contribution in [0.15, 0.2) is 42.5 Å². The van der Waals surface area contributed by atoms with Crippen molar-refractivity contribution >= 4 is 10.8 Å². The Hall–Kier alpha value is -1.38. The van der Waals surface area contributed by atoms with Crippen LogP contribution in [-0.2, 0) is 4.74 Å². The number of fused-ring (bicyclic) bond motifs is 2. The lowest BCUT2D eigenvalue weighted by Crippen LogP contribution is -2.38. The SMILES string of the molecule is c1ccc2cc(C3CNC4CCCCC4CO3)ccc2c1. The second kappa shape index (κ2) is 5.78. The maximum absolute atomic E-state index is 6.24. The third-order valence-corrected chi connectivity index (χ3v) is 5.13. The van der Waals surface area contributed by atoms with Crippen LogP contribution in [0, 0.1) is 5.92 Å². The van der Waals surface area contributed by atoms with Crippen LogP contribution < -0.4 is 5.32 Å². The molecule has 2 aromatic rings. The predicted molar refractivity (Wildman–Crippen MR) is 86.4 cm³/mol. The third kappa shape index (κ3) is 2.70. The van der Waals surface area contributed by atoms with E-state index in [0.717, 1.165) is 13.2 Å². The lowest BCUT2D eigenvalue weighted by Gasteiger charge is -2.29. The minimum absolute atomic E-state index is 0.195. The van der Waals surface area contributed by atoms with Gasteiger partial charge in [0.05, 0.1) is 12.7 Å². The first kappa shape index (κ1) is 13.3. The number of rotatable bonds is 1. The summed E-state index contributed by atoms with van der Waals surface area (Å²) < 4.78 is 6.24. The van der Waals surface area contributed by atoms with E-state index in [0.29, 0.717) is 12.0 Å². The molecule has 1 saturated heterocycles. The Morgan fingerprint density at radius 3 is 2.76 bits per heavy atom. The zero-order chi connectivity index (χ0) is 14.1. The largest absolute Gasteiger partial charge is 0.372 e. The fourth-order valence-corrected chi connectivity index (χ4v) is 3.86. The van der Waals surface area contributed by atoms with Gasteiger partial charge in [-0.3, -0.25) is 0 Å². The van der Waals surface area contributed by atoms with Crippen molar-refractivity contribution in [2.75, 3.05) is 13.2 Å². The second-order valence-corrected chi connectivity index (χ2v) is 6.49. The summed E-state index contributed by atoms with van der Waals surface area (Å²) in [5.41, 5.74) is 1.31. The van der Waals surface area contributed by atoms with Gasteiger partial charge in [-0.15, -0.1) is 0 Å². The summed E-state index contributed by atoms with van der Waals surface area (Å²) in [7, 11) is 0. The van der Waals surface area contributed by atoms with Gasteiger partial charge in [0.2, 0.25) is 0 Å². The normalized spacial score (nSPS) is 29.8. The Kier molecular flexibility index (Phi) is 3.66. The topological polar surface area (TPSA) is 21.3 Å². The summed E-state index contributed by atoms with van der Waals surface area (Å²) in [6.45, 7) is 1.86. The fraction of sp³-hybridized carbons (Fsp3) is 0.474. The van der Waals surface area contributed by atoms with Gasteiger partial charge in [0.1, 0.15) is 0 Å². The highest BCUT2D eigenvalue weighted by Gasteiger charge is 2.30. The number of ether oxygens (including phenoxy) is 1. The molecule has 1 saturated carbocycles. The zero-order valence-electron chi connectivity index (χ0n) is 12.4. The quantitative estimate of drug-likeness (QED) is 0.851. The van der Waals surface area contributed by atoms with Gasteiger partial charge in [0.25, 0.3) is 0 Å². The van der Waals surface area contributed by atoms with Crippen molar-refractivity contribution in [3.05, 3.63) is 48.0 Å². The first-order valence-corrected chi connectivity index (χ1v) is 8.24. The van der Waals surface area contributed by atoms with Crippen LogP contribution in [0.3, 0.4) is 0 Å². The molecule has 1 aliphatic carbocycles. The van der Waals surface area contributed by atoms with E-state index in [9.17, 15) is 0 Å². The molecule has 2 nitrogen and oxygen atoms in total. The number of hydrogen-bond acceptors (Lipinski definition) is 2. The molecule has 1 heterocycles. The highest BCUT2D eigenvalue weighted by atomic mass is 16.5. The summed E-state index contributed by atoms with van der Waals surface area (Å²) in [6, 6.07) is 15.9. The average Bonchev–Trinajstić information content (AvgIpc) is 2.77. The molecule has 2 heteroatoms. The van der Waals surface area contributed by atoms with E-state index in [2.05, 4.69) is 47.8 Å². The smallest absolute Gasteiger partial charge is 0.0949 e. The first-order chi connectivity index (χ1) is 10.4. The summed E-state index contributed by atoms with van der Waals surface area (Å²) in [4.78, 5) is 0. The summed E-state index contributed by atoms with van der Waals surface area (Å²) in [6.07, 6.45) is 5.57. The molecule has 0 bridgehead atoms. The Bertz CT molecular complexity index is 608. The van der Waals surface area contributed by atoms with Gasteiger partial charge in [0.15, 0.2) is 0 Å². The third-order valence-electron chi connectivity index (χ3n) is 5.13. The molecule has 110 valence electrons. The van der Waals surface area contributed by atoms with Crippen molar-refractivity contribution in [1.82, 2.24) is 5.32 Å². The second-order valence-electron chi connectivity index (χ2n) is 6.49. The molecule has 0 radical (unpaired) electrons. The van der Waals surface area contributed by atoms with E-state index in [-0.39, 0.29) is 6.10 Å². The van der Waals surface area contributed by atoms with Crippen LogP contribution in [-0.4, -0.2) is 19.2 Å². The highest BCUT2D eigenvalue weighted by molar-refractivity contribution is 5.83. The van der Waals surface area contributed by atoms with Gasteiger partial charge in [-0.2, -0.15) is 0 Å². The molecule has 2 aromatic carbocycles. The molecule has 1 aliphatic heterocycles. The standard InChI is InChI=1S/C19H23NO/c1-2-6-15-11-16(10-9-14(15)5-1)19-12-20-18-8-4-3-7-17(18)13-21-19/h1-2,5-6,9-11,17-20H,3-4,7-8,12-13H2. The van der Waals surface area contributed by atoms with Gasteiger partial charge in [-0.1, -0.05) is 49.2 Å². The van der Waals surface area contributed by atoms with Gasteiger partial charge < -0.3 is 10.1 Å². The van der Waals surface area contributed by atoms with Crippen molar-refractivity contribution in [3.63, 3.8) is 0 Å². The van der Waals surface area contributed by atoms with E-state index < -0.39 is 0 Å². The number of benzene rings is 2. The fourth-order valence-electron chi connectivity index (χ4n) is 3.86. The monoisotopic (exact) mass is 281 g/mol. The molecule has 0 aromatic heterocycles. The molecule has 3 unspecified atom stereocenters. The zero-order valence-corrected chi connectivity index (χ0v) is 12.4. The van der Waals surface area contributed by atoms with Crippen molar-refractivity contribution < 1.29 is 4.74 Å². The van der Waals surface area contributed by atoms with Crippen molar-refractivity contribution in [2.45, 2.75) is 37.8 Å². The van der Waals surface area contributed by atoms with E-state index in [1.54, 1.807) is 0 Å². The molecule has 0 amide bonds. The van der Waals surface area contributed by atoms with E-state index in [1.165, 1.54) is 42.0 Å². The van der Waals surface area contributed by atoms with Crippen LogP contribution >= 0.6 is 0 Å². The Morgan fingerprint density at radius 1 is 0.952 bits per heavy atom. The van der Waals surface area contributed by atoms with Crippen molar-refractivity contribution in [2.24, 2.45) is 5.92 Å². The molecule has 1 N–H and O–H groups in total. The molecule has 4 rings (SSSR count). The highest BCUT2D eigenvalue weighted by Crippen LogP contribution is 2.31. The predicted octanol–water partition coefficient (Wildman–Crippen LogP) is 4.06. The van der Waals surface area contributed by atoms with E-state index >= 15 is 0 Å². The summed E-state index contributed by atoms with van der Waals surface area (Å²) >= 11 is 0. The summed E-state index contributed by atoms with van der Waals surface area (Å²) in [5.74, 6) is 0.712. The maximum Gasteiger partial charge on any atom is 0.0949 e. The first-order valence-electron chi connectivity index (χ1n) is 8.24. The van der Waals surface area contributed by atoms with Crippen molar-refractivity contribution in [3.8, 4) is 0 Å². The Balaban J connectivity index is 1.57. The average molecular weight is 281 g/mol. The maximum atomic E-state index is 6.24. The van der Waals surface area contributed by atoms with Crippen molar-refractivity contribution in [1.29, 1.82) is 0 Å². The van der Waals surface area contributed by atoms with Gasteiger partial charge in [-0.25, -0.2) is 0 Å². The van der Waals surface area contributed by atoms with Crippen LogP contribution in [0.1, 0.15) is 37.4 Å². The lowest BCUT2D eigenvalue weighted by atomic mass is 9.85. The molecular weight excluding hydrogens is 258 g/mol. The van der Waals surface area contributed by atoms with E-state index in [4.69, 9.17) is 4.74 Å². The van der Waals surface area contributed by atoms with Crippen LogP contribution in [0.25, 0.3) is 10.8 Å².